The largest absolute Gasteiger partial charge is 0.339 e. The molecular formula is C13H18N4OS. The Morgan fingerprint density at radius 3 is 2.84 bits per heavy atom. The third kappa shape index (κ3) is 2.69. The fourth-order valence-electron chi connectivity index (χ4n) is 2.54. The molecule has 2 aromatic rings. The van der Waals surface area contributed by atoms with E-state index >= 15 is 0 Å². The van der Waals surface area contributed by atoms with Crippen molar-refractivity contribution in [2.75, 3.05) is 6.54 Å². The van der Waals surface area contributed by atoms with Crippen molar-refractivity contribution in [3.63, 3.8) is 0 Å². The van der Waals surface area contributed by atoms with Crippen LogP contribution in [0.2, 0.25) is 0 Å². The smallest absolute Gasteiger partial charge is 0.227 e. The SMILES string of the molecule is Cc1nc(Cc2noc(CC3(CN)CCC3)n2)cs1. The van der Waals surface area contributed by atoms with Crippen molar-refractivity contribution in [2.24, 2.45) is 11.1 Å². The zero-order chi connectivity index (χ0) is 13.3. The van der Waals surface area contributed by atoms with Crippen LogP contribution in [0, 0.1) is 12.3 Å². The maximum absolute atomic E-state index is 5.85. The lowest BCUT2D eigenvalue weighted by atomic mass is 9.67. The average Bonchev–Trinajstić information content (AvgIpc) is 2.94. The Bertz CT molecular complexity index is 553. The van der Waals surface area contributed by atoms with Crippen molar-refractivity contribution in [3.8, 4) is 0 Å². The first-order valence-electron chi connectivity index (χ1n) is 6.62. The molecule has 19 heavy (non-hydrogen) atoms. The first-order valence-corrected chi connectivity index (χ1v) is 7.50. The van der Waals surface area contributed by atoms with Crippen LogP contribution in [-0.2, 0) is 12.8 Å². The third-order valence-electron chi connectivity index (χ3n) is 3.89. The summed E-state index contributed by atoms with van der Waals surface area (Å²) < 4.78 is 5.34. The van der Waals surface area contributed by atoms with Gasteiger partial charge in [-0.2, -0.15) is 4.98 Å². The van der Waals surface area contributed by atoms with Gasteiger partial charge in [0.2, 0.25) is 5.89 Å². The van der Waals surface area contributed by atoms with Crippen molar-refractivity contribution < 1.29 is 4.52 Å². The highest BCUT2D eigenvalue weighted by molar-refractivity contribution is 7.09. The van der Waals surface area contributed by atoms with Gasteiger partial charge in [0.25, 0.3) is 0 Å². The molecule has 2 heterocycles. The molecule has 1 saturated carbocycles. The molecule has 2 N–H and O–H groups in total. The molecule has 5 nitrogen and oxygen atoms in total. The first-order chi connectivity index (χ1) is 9.19. The molecule has 3 rings (SSSR count). The van der Waals surface area contributed by atoms with Crippen LogP contribution in [0.5, 0.6) is 0 Å². The van der Waals surface area contributed by atoms with Gasteiger partial charge >= 0.3 is 0 Å². The quantitative estimate of drug-likeness (QED) is 0.906. The van der Waals surface area contributed by atoms with Crippen LogP contribution in [0.3, 0.4) is 0 Å². The van der Waals surface area contributed by atoms with Crippen LogP contribution >= 0.6 is 11.3 Å². The molecule has 0 unspecified atom stereocenters. The summed E-state index contributed by atoms with van der Waals surface area (Å²) in [5, 5.41) is 7.14. The second-order valence-electron chi connectivity index (χ2n) is 5.37. The molecule has 1 aliphatic rings. The standard InChI is InChI=1S/C13H18N4OS/c1-9-15-10(7-19-9)5-11-16-12(18-17-11)6-13(8-14)3-2-4-13/h7H,2-6,8,14H2,1H3. The highest BCUT2D eigenvalue weighted by Gasteiger charge is 2.37. The Morgan fingerprint density at radius 1 is 1.42 bits per heavy atom. The second-order valence-corrected chi connectivity index (χ2v) is 6.44. The fourth-order valence-corrected chi connectivity index (χ4v) is 3.15. The maximum atomic E-state index is 5.85. The van der Waals surface area contributed by atoms with E-state index in [2.05, 4.69) is 15.1 Å². The highest BCUT2D eigenvalue weighted by Crippen LogP contribution is 2.42. The topological polar surface area (TPSA) is 77.8 Å². The summed E-state index contributed by atoms with van der Waals surface area (Å²) >= 11 is 1.64. The van der Waals surface area contributed by atoms with Gasteiger partial charge in [0, 0.05) is 11.8 Å². The molecule has 1 fully saturated rings. The molecule has 1 aliphatic carbocycles. The van der Waals surface area contributed by atoms with Gasteiger partial charge in [-0.15, -0.1) is 11.3 Å². The van der Waals surface area contributed by atoms with Crippen LogP contribution in [0.25, 0.3) is 0 Å². The monoisotopic (exact) mass is 278 g/mol. The molecule has 0 radical (unpaired) electrons. The summed E-state index contributed by atoms with van der Waals surface area (Å²) in [7, 11) is 0. The first kappa shape index (κ1) is 12.7. The molecular weight excluding hydrogens is 260 g/mol. The number of aryl methyl sites for hydroxylation is 1. The van der Waals surface area contributed by atoms with Crippen molar-refractivity contribution in [1.82, 2.24) is 15.1 Å². The van der Waals surface area contributed by atoms with Gasteiger partial charge in [-0.1, -0.05) is 11.6 Å². The number of aromatic nitrogens is 3. The minimum Gasteiger partial charge on any atom is -0.339 e. The maximum Gasteiger partial charge on any atom is 0.227 e. The van der Waals surface area contributed by atoms with Crippen LogP contribution in [0.4, 0.5) is 0 Å². The predicted octanol–water partition coefficient (Wildman–Crippen LogP) is 2.10. The van der Waals surface area contributed by atoms with Gasteiger partial charge in [-0.3, -0.25) is 0 Å². The Morgan fingerprint density at radius 2 is 2.26 bits per heavy atom. The van der Waals surface area contributed by atoms with Crippen molar-refractivity contribution in [3.05, 3.63) is 27.8 Å². The normalized spacial score (nSPS) is 17.4. The average molecular weight is 278 g/mol. The molecule has 102 valence electrons. The van der Waals surface area contributed by atoms with E-state index in [1.807, 2.05) is 12.3 Å². The molecule has 0 amide bonds. The minimum atomic E-state index is 0.209. The lowest BCUT2D eigenvalue weighted by Crippen LogP contribution is -2.39. The van der Waals surface area contributed by atoms with E-state index in [9.17, 15) is 0 Å². The Kier molecular flexibility index (Phi) is 3.36. The van der Waals surface area contributed by atoms with E-state index in [0.29, 0.717) is 24.7 Å². The summed E-state index contributed by atoms with van der Waals surface area (Å²) in [5.74, 6) is 1.43. The van der Waals surface area contributed by atoms with Crippen molar-refractivity contribution >= 4 is 11.3 Å². The molecule has 2 aromatic heterocycles. The van der Waals surface area contributed by atoms with Crippen LogP contribution in [0.1, 0.15) is 41.7 Å². The Balaban J connectivity index is 1.66. The molecule has 0 spiro atoms. The fraction of sp³-hybridized carbons (Fsp3) is 0.615. The van der Waals surface area contributed by atoms with Crippen LogP contribution in [0.15, 0.2) is 9.90 Å². The van der Waals surface area contributed by atoms with E-state index in [-0.39, 0.29) is 5.41 Å². The zero-order valence-corrected chi connectivity index (χ0v) is 11.9. The minimum absolute atomic E-state index is 0.209. The van der Waals surface area contributed by atoms with Crippen LogP contribution in [-0.4, -0.2) is 21.7 Å². The summed E-state index contributed by atoms with van der Waals surface area (Å²) in [5.41, 5.74) is 7.07. The van der Waals surface area contributed by atoms with E-state index < -0.39 is 0 Å². The Labute approximate surface area is 116 Å². The second kappa shape index (κ2) is 5.02. The summed E-state index contributed by atoms with van der Waals surface area (Å²) in [6, 6.07) is 0. The number of hydrogen-bond acceptors (Lipinski definition) is 6. The van der Waals surface area contributed by atoms with E-state index in [0.717, 1.165) is 17.1 Å². The number of nitrogens with two attached hydrogens (primary N) is 1. The number of rotatable bonds is 5. The number of nitrogens with zero attached hydrogens (tertiary/aromatic N) is 3. The van der Waals surface area contributed by atoms with Gasteiger partial charge in [0.1, 0.15) is 0 Å². The van der Waals surface area contributed by atoms with Crippen LogP contribution < -0.4 is 5.73 Å². The summed E-state index contributed by atoms with van der Waals surface area (Å²) in [4.78, 5) is 8.87. The predicted molar refractivity (Wildman–Crippen MR) is 73.0 cm³/mol. The van der Waals surface area contributed by atoms with E-state index in [1.165, 1.54) is 19.3 Å². The lowest BCUT2D eigenvalue weighted by Gasteiger charge is -2.39. The zero-order valence-electron chi connectivity index (χ0n) is 11.1. The molecule has 0 aliphatic heterocycles. The lowest BCUT2D eigenvalue weighted by molar-refractivity contribution is 0.129. The summed E-state index contributed by atoms with van der Waals surface area (Å²) in [6.07, 6.45) is 5.06. The molecule has 0 aromatic carbocycles. The summed E-state index contributed by atoms with van der Waals surface area (Å²) in [6.45, 7) is 2.70. The van der Waals surface area contributed by atoms with Crippen molar-refractivity contribution in [1.29, 1.82) is 0 Å². The van der Waals surface area contributed by atoms with Gasteiger partial charge in [0.05, 0.1) is 17.1 Å². The van der Waals surface area contributed by atoms with Gasteiger partial charge < -0.3 is 10.3 Å². The molecule has 6 heteroatoms. The number of thiazole rings is 1. The van der Waals surface area contributed by atoms with E-state index in [1.54, 1.807) is 11.3 Å². The van der Waals surface area contributed by atoms with E-state index in [4.69, 9.17) is 10.3 Å². The third-order valence-corrected chi connectivity index (χ3v) is 4.71. The van der Waals surface area contributed by atoms with Crippen molar-refractivity contribution in [2.45, 2.75) is 39.0 Å². The highest BCUT2D eigenvalue weighted by atomic mass is 32.1. The molecule has 0 bridgehead atoms. The van der Waals surface area contributed by atoms with Gasteiger partial charge in [-0.05, 0) is 31.7 Å². The van der Waals surface area contributed by atoms with Gasteiger partial charge in [-0.25, -0.2) is 4.98 Å². The molecule has 0 saturated heterocycles. The Hall–Kier alpha value is -1.27. The number of hydrogen-bond donors (Lipinski definition) is 1. The van der Waals surface area contributed by atoms with Gasteiger partial charge in [0.15, 0.2) is 5.82 Å². The molecule has 0 atom stereocenters.